The molecule has 1 heterocycles. The van der Waals surface area contributed by atoms with Gasteiger partial charge in [-0.3, -0.25) is 9.69 Å². The third kappa shape index (κ3) is 3.04. The van der Waals surface area contributed by atoms with E-state index >= 15 is 0 Å². The van der Waals surface area contributed by atoms with Crippen LogP contribution in [0, 0.1) is 0 Å². The fourth-order valence-corrected chi connectivity index (χ4v) is 3.06. The lowest BCUT2D eigenvalue weighted by molar-refractivity contribution is 0.0907. The van der Waals surface area contributed by atoms with Crippen molar-refractivity contribution in [2.45, 2.75) is 52.6 Å². The van der Waals surface area contributed by atoms with Gasteiger partial charge in [0, 0.05) is 23.2 Å². The third-order valence-electron chi connectivity index (χ3n) is 4.00. The molecule has 0 aromatic heterocycles. The highest BCUT2D eigenvalue weighted by Gasteiger charge is 2.28. The van der Waals surface area contributed by atoms with Crippen molar-refractivity contribution < 1.29 is 9.53 Å². The highest BCUT2D eigenvalue weighted by Crippen LogP contribution is 2.30. The highest BCUT2D eigenvalue weighted by atomic mass is 16.5. The quantitative estimate of drug-likeness (QED) is 0.772. The molecule has 3 nitrogen and oxygen atoms in total. The number of ether oxygens (including phenoxy) is 1. The Morgan fingerprint density at radius 1 is 1.45 bits per heavy atom. The number of carbonyl (C=O) groups excluding carboxylic acids is 1. The molecule has 0 fully saturated rings. The summed E-state index contributed by atoms with van der Waals surface area (Å²) >= 11 is 0. The van der Waals surface area contributed by atoms with Gasteiger partial charge in [0.2, 0.25) is 0 Å². The van der Waals surface area contributed by atoms with Gasteiger partial charge in [0.15, 0.2) is 5.78 Å². The van der Waals surface area contributed by atoms with E-state index in [9.17, 15) is 4.79 Å². The molecule has 2 rings (SSSR count). The molecule has 3 heteroatoms. The number of hydrogen-bond donors (Lipinski definition) is 0. The number of ketones is 1. The average Bonchev–Trinajstić information content (AvgIpc) is 2.43. The lowest BCUT2D eigenvalue weighted by atomic mass is 9.94. The van der Waals surface area contributed by atoms with Crippen LogP contribution in [0.1, 0.15) is 50.0 Å². The van der Waals surface area contributed by atoms with Crippen LogP contribution in [0.4, 0.5) is 0 Å². The van der Waals surface area contributed by atoms with Gasteiger partial charge in [-0.15, -0.1) is 0 Å². The molecule has 0 saturated heterocycles. The standard InChI is InChI=1S/C17H25NO2/c1-5-9-18(12(2)3)14-10-16-15(13(4)19)7-6-8-17(16)20-11-14/h6-8,12,14H,5,9-11H2,1-4H3/t14-/m1/s1. The average molecular weight is 275 g/mol. The molecule has 1 aromatic carbocycles. The molecule has 20 heavy (non-hydrogen) atoms. The topological polar surface area (TPSA) is 29.5 Å². The summed E-state index contributed by atoms with van der Waals surface area (Å²) in [6.45, 7) is 10.1. The van der Waals surface area contributed by atoms with Crippen molar-refractivity contribution in [2.75, 3.05) is 13.2 Å². The fourth-order valence-electron chi connectivity index (χ4n) is 3.06. The van der Waals surface area contributed by atoms with Crippen molar-refractivity contribution in [3.8, 4) is 5.75 Å². The molecule has 1 aromatic rings. The van der Waals surface area contributed by atoms with Gasteiger partial charge in [0.25, 0.3) is 0 Å². The maximum absolute atomic E-state index is 11.8. The Balaban J connectivity index is 2.27. The monoisotopic (exact) mass is 275 g/mol. The van der Waals surface area contributed by atoms with E-state index in [0.29, 0.717) is 18.7 Å². The highest BCUT2D eigenvalue weighted by molar-refractivity contribution is 5.96. The first-order chi connectivity index (χ1) is 9.54. The number of carbonyl (C=O) groups is 1. The normalized spacial score (nSPS) is 18.0. The van der Waals surface area contributed by atoms with Gasteiger partial charge < -0.3 is 4.74 Å². The molecule has 0 spiro atoms. The smallest absolute Gasteiger partial charge is 0.160 e. The van der Waals surface area contributed by atoms with Crippen LogP contribution >= 0.6 is 0 Å². The maximum Gasteiger partial charge on any atom is 0.160 e. The summed E-state index contributed by atoms with van der Waals surface area (Å²) < 4.78 is 5.91. The van der Waals surface area contributed by atoms with Gasteiger partial charge >= 0.3 is 0 Å². The SMILES string of the molecule is CCCN(C(C)C)[C@H]1COc2cccc(C(C)=O)c2C1. The fraction of sp³-hybridized carbons (Fsp3) is 0.588. The van der Waals surface area contributed by atoms with E-state index in [4.69, 9.17) is 4.74 Å². The molecular weight excluding hydrogens is 250 g/mol. The maximum atomic E-state index is 11.8. The lowest BCUT2D eigenvalue weighted by Crippen LogP contribution is -2.47. The second kappa shape index (κ2) is 6.40. The molecule has 0 aliphatic carbocycles. The second-order valence-electron chi connectivity index (χ2n) is 5.84. The molecule has 0 saturated carbocycles. The Labute approximate surface area is 121 Å². The number of nitrogens with zero attached hydrogens (tertiary/aromatic N) is 1. The summed E-state index contributed by atoms with van der Waals surface area (Å²) in [7, 11) is 0. The van der Waals surface area contributed by atoms with Crippen LogP contribution in [0.15, 0.2) is 18.2 Å². The Morgan fingerprint density at radius 2 is 2.20 bits per heavy atom. The Hall–Kier alpha value is -1.35. The molecule has 0 radical (unpaired) electrons. The zero-order valence-electron chi connectivity index (χ0n) is 13.0. The van der Waals surface area contributed by atoms with Crippen LogP contribution in [0.5, 0.6) is 5.75 Å². The summed E-state index contributed by atoms with van der Waals surface area (Å²) in [6.07, 6.45) is 2.04. The molecule has 0 bridgehead atoms. The first-order valence-electron chi connectivity index (χ1n) is 7.56. The minimum absolute atomic E-state index is 0.123. The molecule has 0 N–H and O–H groups in total. The first-order valence-corrected chi connectivity index (χ1v) is 7.56. The van der Waals surface area contributed by atoms with Crippen molar-refractivity contribution in [2.24, 2.45) is 0 Å². The largest absolute Gasteiger partial charge is 0.492 e. The summed E-state index contributed by atoms with van der Waals surface area (Å²) in [6, 6.07) is 6.64. The Kier molecular flexibility index (Phi) is 4.81. The number of Topliss-reactive ketones (excluding diaryl/α,β-unsaturated/α-hetero) is 1. The van der Waals surface area contributed by atoms with Crippen LogP contribution in [0.3, 0.4) is 0 Å². The van der Waals surface area contributed by atoms with Gasteiger partial charge in [0.1, 0.15) is 12.4 Å². The lowest BCUT2D eigenvalue weighted by Gasteiger charge is -2.38. The van der Waals surface area contributed by atoms with Crippen molar-refractivity contribution in [1.82, 2.24) is 4.90 Å². The van der Waals surface area contributed by atoms with Crippen molar-refractivity contribution >= 4 is 5.78 Å². The van der Waals surface area contributed by atoms with Crippen LogP contribution < -0.4 is 4.74 Å². The third-order valence-corrected chi connectivity index (χ3v) is 4.00. The predicted molar refractivity (Wildman–Crippen MR) is 81.6 cm³/mol. The molecule has 0 unspecified atom stereocenters. The van der Waals surface area contributed by atoms with E-state index < -0.39 is 0 Å². The van der Waals surface area contributed by atoms with Crippen molar-refractivity contribution in [3.05, 3.63) is 29.3 Å². The zero-order chi connectivity index (χ0) is 14.7. The predicted octanol–water partition coefficient (Wildman–Crippen LogP) is 3.31. The van der Waals surface area contributed by atoms with Gasteiger partial charge in [-0.2, -0.15) is 0 Å². The zero-order valence-corrected chi connectivity index (χ0v) is 13.0. The van der Waals surface area contributed by atoms with Crippen molar-refractivity contribution in [1.29, 1.82) is 0 Å². The second-order valence-corrected chi connectivity index (χ2v) is 5.84. The van der Waals surface area contributed by atoms with Crippen LogP contribution in [0.25, 0.3) is 0 Å². The molecular formula is C17H25NO2. The number of rotatable bonds is 5. The number of hydrogen-bond acceptors (Lipinski definition) is 3. The van der Waals surface area contributed by atoms with E-state index in [0.717, 1.165) is 36.3 Å². The Bertz CT molecular complexity index is 482. The minimum Gasteiger partial charge on any atom is -0.492 e. The van der Waals surface area contributed by atoms with Gasteiger partial charge in [-0.05, 0) is 46.2 Å². The number of fused-ring (bicyclic) bond motifs is 1. The van der Waals surface area contributed by atoms with Crippen LogP contribution in [0.2, 0.25) is 0 Å². The van der Waals surface area contributed by atoms with E-state index in [1.165, 1.54) is 0 Å². The van der Waals surface area contributed by atoms with E-state index in [1.54, 1.807) is 6.92 Å². The van der Waals surface area contributed by atoms with Gasteiger partial charge in [0.05, 0.1) is 0 Å². The van der Waals surface area contributed by atoms with Crippen LogP contribution in [-0.4, -0.2) is 35.9 Å². The molecule has 0 amide bonds. The Morgan fingerprint density at radius 3 is 2.80 bits per heavy atom. The molecule has 1 aliphatic rings. The summed E-state index contributed by atoms with van der Waals surface area (Å²) in [4.78, 5) is 14.3. The van der Waals surface area contributed by atoms with Gasteiger partial charge in [-0.25, -0.2) is 0 Å². The molecule has 110 valence electrons. The summed E-state index contributed by atoms with van der Waals surface area (Å²) in [5.41, 5.74) is 1.89. The molecule has 1 aliphatic heterocycles. The summed E-state index contributed by atoms with van der Waals surface area (Å²) in [5, 5.41) is 0. The molecule has 1 atom stereocenters. The first kappa shape index (κ1) is 15.0. The van der Waals surface area contributed by atoms with E-state index in [2.05, 4.69) is 25.7 Å². The van der Waals surface area contributed by atoms with Gasteiger partial charge in [-0.1, -0.05) is 19.1 Å². The number of benzene rings is 1. The van der Waals surface area contributed by atoms with E-state index in [-0.39, 0.29) is 5.78 Å². The van der Waals surface area contributed by atoms with Crippen LogP contribution in [-0.2, 0) is 6.42 Å². The van der Waals surface area contributed by atoms with Crippen molar-refractivity contribution in [3.63, 3.8) is 0 Å². The van der Waals surface area contributed by atoms with E-state index in [1.807, 2.05) is 18.2 Å². The minimum atomic E-state index is 0.123. The summed E-state index contributed by atoms with van der Waals surface area (Å²) in [5.74, 6) is 1.01.